The first kappa shape index (κ1) is 23.4. The first-order chi connectivity index (χ1) is 16.2. The van der Waals surface area contributed by atoms with E-state index < -0.39 is 0 Å². The maximum atomic E-state index is 12.6. The van der Waals surface area contributed by atoms with E-state index in [0.717, 1.165) is 73.9 Å². The molecule has 1 N–H and O–H groups in total. The molecule has 0 amide bonds. The number of hydrogen-bond acceptors (Lipinski definition) is 7. The molecule has 0 unspecified atom stereocenters. The molecular weight excluding hydrogens is 474 g/mol. The standard InChI is InChI=1S/C24H27N5O3S.ClH/c30-22-3-1-16-2-4-23(31)29-19(15-28(22)24(16)29)14-27-7-5-17(6-8-27)25-12-18-11-21-20(13-26-18)32-9-10-33-21;/h1-4,11,13,17,19,25H,5-10,12,14-15H2;1H/t19-;/m1./s1. The number of thioether (sulfide) groups is 1. The average Bonchev–Trinajstić information content (AvgIpc) is 3.23. The molecule has 3 aliphatic rings. The summed E-state index contributed by atoms with van der Waals surface area (Å²) in [5.41, 5.74) is 1.75. The normalized spacial score (nSPS) is 20.1. The maximum absolute atomic E-state index is 12.6. The molecule has 3 aliphatic heterocycles. The summed E-state index contributed by atoms with van der Waals surface area (Å²) in [4.78, 5) is 33.2. The Hall–Kier alpha value is -2.33. The third kappa shape index (κ3) is 4.37. The van der Waals surface area contributed by atoms with E-state index in [1.165, 1.54) is 4.90 Å². The van der Waals surface area contributed by atoms with Gasteiger partial charge in [0.25, 0.3) is 11.1 Å². The van der Waals surface area contributed by atoms with Gasteiger partial charge in [-0.15, -0.1) is 24.2 Å². The van der Waals surface area contributed by atoms with Gasteiger partial charge >= 0.3 is 0 Å². The molecular formula is C24H28ClN5O3S. The van der Waals surface area contributed by atoms with Crippen molar-refractivity contribution in [3.05, 3.63) is 62.9 Å². The van der Waals surface area contributed by atoms with Crippen LogP contribution in [0.15, 0.2) is 51.0 Å². The van der Waals surface area contributed by atoms with Crippen molar-refractivity contribution in [3.63, 3.8) is 0 Å². The predicted molar refractivity (Wildman–Crippen MR) is 136 cm³/mol. The number of hydrogen-bond donors (Lipinski definition) is 1. The fourth-order valence-electron chi connectivity index (χ4n) is 5.24. The van der Waals surface area contributed by atoms with E-state index in [1.54, 1.807) is 16.7 Å². The molecule has 180 valence electrons. The molecule has 34 heavy (non-hydrogen) atoms. The molecule has 1 fully saturated rings. The van der Waals surface area contributed by atoms with Gasteiger partial charge in [0, 0.05) is 48.9 Å². The SMILES string of the molecule is Cl.O=c1ccc2ccc(=O)n3c2n1C[C@H]3CN1CCC(NCc2cc3c(cn2)OCCS3)CC1. The van der Waals surface area contributed by atoms with Gasteiger partial charge in [-0.1, -0.05) is 0 Å². The summed E-state index contributed by atoms with van der Waals surface area (Å²) in [5, 5.41) is 4.61. The number of fused-ring (bicyclic) bond motifs is 1. The number of nitrogens with zero attached hydrogens (tertiary/aromatic N) is 4. The number of ether oxygens (including phenoxy) is 1. The zero-order chi connectivity index (χ0) is 22.4. The van der Waals surface area contributed by atoms with Gasteiger partial charge in [-0.05, 0) is 44.1 Å². The van der Waals surface area contributed by atoms with E-state index in [-0.39, 0.29) is 29.6 Å². The molecule has 8 nitrogen and oxygen atoms in total. The van der Waals surface area contributed by atoms with E-state index in [1.807, 2.05) is 34.7 Å². The van der Waals surface area contributed by atoms with Gasteiger partial charge < -0.3 is 15.0 Å². The Bertz CT molecular complexity index is 1310. The lowest BCUT2D eigenvalue weighted by molar-refractivity contribution is 0.171. The average molecular weight is 502 g/mol. The zero-order valence-electron chi connectivity index (χ0n) is 18.8. The zero-order valence-corrected chi connectivity index (χ0v) is 20.4. The van der Waals surface area contributed by atoms with Crippen molar-refractivity contribution in [2.24, 2.45) is 0 Å². The first-order valence-corrected chi connectivity index (χ1v) is 12.6. The highest BCUT2D eigenvalue weighted by Crippen LogP contribution is 2.32. The number of aromatic nitrogens is 3. The van der Waals surface area contributed by atoms with Crippen molar-refractivity contribution < 1.29 is 4.74 Å². The number of rotatable bonds is 5. The number of likely N-dealkylation sites (tertiary alicyclic amines) is 1. The molecule has 0 radical (unpaired) electrons. The molecule has 1 atom stereocenters. The summed E-state index contributed by atoms with van der Waals surface area (Å²) in [6.07, 6.45) is 3.96. The minimum atomic E-state index is -0.0343. The smallest absolute Gasteiger partial charge is 0.252 e. The predicted octanol–water partition coefficient (Wildman–Crippen LogP) is 2.27. The molecule has 10 heteroatoms. The highest BCUT2D eigenvalue weighted by molar-refractivity contribution is 7.99. The highest BCUT2D eigenvalue weighted by atomic mass is 35.5. The summed E-state index contributed by atoms with van der Waals surface area (Å²) in [7, 11) is 0. The number of nitrogens with one attached hydrogen (secondary N) is 1. The van der Waals surface area contributed by atoms with Crippen LogP contribution in [-0.4, -0.2) is 57.1 Å². The molecule has 0 saturated carbocycles. The van der Waals surface area contributed by atoms with Crippen LogP contribution in [0.5, 0.6) is 5.75 Å². The van der Waals surface area contributed by atoms with Gasteiger partial charge in [-0.2, -0.15) is 0 Å². The fraction of sp³-hybridized carbons (Fsp3) is 0.458. The summed E-state index contributed by atoms with van der Waals surface area (Å²) < 4.78 is 9.22. The number of halogens is 1. The second-order valence-electron chi connectivity index (χ2n) is 9.03. The van der Waals surface area contributed by atoms with Crippen molar-refractivity contribution in [1.29, 1.82) is 0 Å². The third-order valence-electron chi connectivity index (χ3n) is 6.93. The highest BCUT2D eigenvalue weighted by Gasteiger charge is 2.29. The molecule has 6 rings (SSSR count). The van der Waals surface area contributed by atoms with Crippen LogP contribution in [0.4, 0.5) is 0 Å². The van der Waals surface area contributed by atoms with Gasteiger partial charge in [-0.25, -0.2) is 0 Å². The van der Waals surface area contributed by atoms with E-state index in [2.05, 4.69) is 21.3 Å². The molecule has 3 aromatic rings. The first-order valence-electron chi connectivity index (χ1n) is 11.6. The van der Waals surface area contributed by atoms with Crippen molar-refractivity contribution in [3.8, 4) is 5.75 Å². The van der Waals surface area contributed by atoms with Gasteiger partial charge in [0.1, 0.15) is 5.65 Å². The van der Waals surface area contributed by atoms with E-state index in [0.29, 0.717) is 12.6 Å². The van der Waals surface area contributed by atoms with Gasteiger partial charge in [0.2, 0.25) is 0 Å². The molecule has 6 heterocycles. The van der Waals surface area contributed by atoms with Gasteiger partial charge in [0.15, 0.2) is 5.75 Å². The lowest BCUT2D eigenvalue weighted by atomic mass is 10.0. The van der Waals surface area contributed by atoms with Crippen LogP contribution >= 0.6 is 24.2 Å². The molecule has 0 bridgehead atoms. The van der Waals surface area contributed by atoms with E-state index >= 15 is 0 Å². The quantitative estimate of drug-likeness (QED) is 0.574. The van der Waals surface area contributed by atoms with Crippen molar-refractivity contribution >= 4 is 35.2 Å². The Morgan fingerprint density at radius 3 is 2.74 bits per heavy atom. The number of piperidine rings is 1. The maximum Gasteiger partial charge on any atom is 0.252 e. The monoisotopic (exact) mass is 501 g/mol. The minimum absolute atomic E-state index is 0. The molecule has 3 aromatic heterocycles. The molecule has 0 aliphatic carbocycles. The Morgan fingerprint density at radius 1 is 1.12 bits per heavy atom. The summed E-state index contributed by atoms with van der Waals surface area (Å²) in [6.45, 7) is 4.83. The van der Waals surface area contributed by atoms with Crippen LogP contribution in [0.2, 0.25) is 0 Å². The van der Waals surface area contributed by atoms with Crippen LogP contribution in [0.25, 0.3) is 11.0 Å². The summed E-state index contributed by atoms with van der Waals surface area (Å²) in [6, 6.07) is 9.43. The van der Waals surface area contributed by atoms with Crippen LogP contribution in [0, 0.1) is 0 Å². The summed E-state index contributed by atoms with van der Waals surface area (Å²) >= 11 is 1.83. The van der Waals surface area contributed by atoms with E-state index in [4.69, 9.17) is 4.74 Å². The molecule has 1 saturated heterocycles. The topological polar surface area (TPSA) is 81.4 Å². The Kier molecular flexibility index (Phi) is 6.70. The van der Waals surface area contributed by atoms with Crippen LogP contribution in [0.1, 0.15) is 24.6 Å². The van der Waals surface area contributed by atoms with Gasteiger partial charge in [0.05, 0.1) is 29.4 Å². The molecule has 0 aromatic carbocycles. The van der Waals surface area contributed by atoms with Crippen molar-refractivity contribution in [1.82, 2.24) is 24.3 Å². The fourth-order valence-corrected chi connectivity index (χ4v) is 6.10. The Morgan fingerprint density at radius 2 is 1.91 bits per heavy atom. The third-order valence-corrected chi connectivity index (χ3v) is 7.93. The van der Waals surface area contributed by atoms with Crippen LogP contribution < -0.4 is 21.2 Å². The van der Waals surface area contributed by atoms with Crippen molar-refractivity contribution in [2.45, 2.75) is 42.9 Å². The van der Waals surface area contributed by atoms with Crippen LogP contribution in [-0.2, 0) is 13.1 Å². The Balaban J connectivity index is 0.00000241. The second-order valence-corrected chi connectivity index (χ2v) is 10.2. The molecule has 0 spiro atoms. The Labute approximate surface area is 207 Å². The minimum Gasteiger partial charge on any atom is -0.490 e. The summed E-state index contributed by atoms with van der Waals surface area (Å²) in [5.74, 6) is 1.89. The number of pyridine rings is 3. The lowest BCUT2D eigenvalue weighted by Gasteiger charge is -2.34. The largest absolute Gasteiger partial charge is 0.490 e. The van der Waals surface area contributed by atoms with Crippen molar-refractivity contribution in [2.75, 3.05) is 32.0 Å². The van der Waals surface area contributed by atoms with Crippen LogP contribution in [0.3, 0.4) is 0 Å². The lowest BCUT2D eigenvalue weighted by Crippen LogP contribution is -2.44. The van der Waals surface area contributed by atoms with E-state index in [9.17, 15) is 9.59 Å². The second kappa shape index (κ2) is 9.73. The van der Waals surface area contributed by atoms with Gasteiger partial charge in [-0.3, -0.25) is 23.7 Å².